The van der Waals surface area contributed by atoms with Crippen LogP contribution in [0.2, 0.25) is 0 Å². The van der Waals surface area contributed by atoms with Gasteiger partial charge < -0.3 is 23.4 Å². The van der Waals surface area contributed by atoms with E-state index >= 15 is 0 Å². The van der Waals surface area contributed by atoms with Gasteiger partial charge in [-0.3, -0.25) is 4.90 Å². The third-order valence-electron chi connectivity index (χ3n) is 13.3. The van der Waals surface area contributed by atoms with E-state index in [1.165, 1.54) is 35.9 Å². The molecule has 0 fully saturated rings. The van der Waals surface area contributed by atoms with Crippen molar-refractivity contribution in [1.82, 2.24) is 9.88 Å². The molecule has 6 rings (SSSR count). The number of nitrogens with one attached hydrogen (secondary N) is 1. The van der Waals surface area contributed by atoms with Crippen molar-refractivity contribution in [2.24, 2.45) is 0 Å². The van der Waals surface area contributed by atoms with Crippen molar-refractivity contribution in [3.63, 3.8) is 0 Å². The Bertz CT molecular complexity index is 9270. The van der Waals surface area contributed by atoms with Crippen LogP contribution in [0, 0.1) is 569 Å². The fourth-order valence-corrected chi connectivity index (χ4v) is 9.46. The number of benzene rings is 3. The van der Waals surface area contributed by atoms with Crippen molar-refractivity contribution in [3.8, 4) is 592 Å². The Balaban J connectivity index is 0.000000696. The van der Waals surface area contributed by atoms with Crippen LogP contribution < -0.4 is 18.4 Å². The maximum absolute atomic E-state index is 12.9. The van der Waals surface area contributed by atoms with Gasteiger partial charge in [-0.1, -0.05) is 24.1 Å². The largest absolute Gasteiger partial charge is 0.493 e. The van der Waals surface area contributed by atoms with E-state index < -0.39 is 10.1 Å². The van der Waals surface area contributed by atoms with Crippen molar-refractivity contribution in [1.29, 1.82) is 0 Å². The number of hydrogen-bond acceptors (Lipinski definition) is 7. The van der Waals surface area contributed by atoms with Gasteiger partial charge in [0.1, 0.15) is 4.90 Å². The summed E-state index contributed by atoms with van der Waals surface area (Å²) in [6.45, 7) is 3.39. The predicted molar refractivity (Wildman–Crippen MR) is 519 cm³/mol. The van der Waals surface area contributed by atoms with Crippen molar-refractivity contribution < 1.29 is 26.8 Å². The Hall–Kier alpha value is -24.8. The number of terminal acetylenes is 1. The molecule has 584 valence electrons. The average Bonchev–Trinajstić information content (AvgIpc) is 1.56. The van der Waals surface area contributed by atoms with E-state index in [-0.39, 0.29) is 16.7 Å². The number of ether oxygens (including phenoxy) is 3. The van der Waals surface area contributed by atoms with Gasteiger partial charge in [-0.05, 0) is 162 Å². The number of hydrogen-bond donors (Lipinski definition) is 1. The van der Waals surface area contributed by atoms with Crippen molar-refractivity contribution >= 4 is 21.0 Å². The lowest BCUT2D eigenvalue weighted by Gasteiger charge is -2.40. The lowest BCUT2D eigenvalue weighted by Crippen LogP contribution is -2.39. The topological polar surface area (TPSA) is 90.1 Å². The third-order valence-corrected chi connectivity index (χ3v) is 14.6. The van der Waals surface area contributed by atoms with Crippen LogP contribution >= 0.6 is 0 Å². The lowest BCUT2D eigenvalue weighted by atomic mass is 9.85. The molecule has 1 unspecified atom stereocenters. The molecule has 8 nitrogen and oxygen atoms in total. The van der Waals surface area contributed by atoms with Crippen LogP contribution in [0.5, 0.6) is 23.0 Å². The van der Waals surface area contributed by atoms with Crippen LogP contribution in [0.1, 0.15) is 35.3 Å². The van der Waals surface area contributed by atoms with Crippen LogP contribution in [0.4, 0.5) is 0 Å². The zero-order chi connectivity index (χ0) is 94.9. The highest BCUT2D eigenvalue weighted by molar-refractivity contribution is 7.87. The summed E-state index contributed by atoms with van der Waals surface area (Å²) in [4.78, 5) is 6.08. The molecule has 0 bridgehead atoms. The first-order chi connectivity index (χ1) is 66.3. The van der Waals surface area contributed by atoms with Gasteiger partial charge in [-0.25, -0.2) is 0 Å². The first-order valence-electron chi connectivity index (χ1n) is 36.4. The Labute approximate surface area is 786 Å². The summed E-state index contributed by atoms with van der Waals surface area (Å²) in [5.41, 5.74) is 5.68. The van der Waals surface area contributed by atoms with Gasteiger partial charge in [0.15, 0.2) is 23.0 Å². The monoisotopic (exact) mass is 1690 g/mol. The molecule has 2 aliphatic rings. The number of rotatable bonds is 6. The molecule has 3 aromatic carbocycles. The van der Waals surface area contributed by atoms with Crippen LogP contribution in [0.25, 0.3) is 10.9 Å². The van der Waals surface area contributed by atoms with Crippen molar-refractivity contribution in [2.45, 2.75) is 37.2 Å². The summed E-state index contributed by atoms with van der Waals surface area (Å²) >= 11 is 0. The summed E-state index contributed by atoms with van der Waals surface area (Å²) in [6, 6.07) is 16.1. The molecule has 0 spiro atoms. The highest BCUT2D eigenvalue weighted by Gasteiger charge is 2.35. The normalized spacial score (nSPS) is 7.56. The molecule has 0 amide bonds. The maximum atomic E-state index is 12.9. The van der Waals surface area contributed by atoms with Crippen LogP contribution in [0.3, 0.4) is 0 Å². The molecule has 1 aromatic heterocycles. The van der Waals surface area contributed by atoms with E-state index in [9.17, 15) is 8.42 Å². The summed E-state index contributed by atoms with van der Waals surface area (Å²) in [7, 11) is 0.832. The molecular formula is C125H32N2O6S. The predicted octanol–water partition coefficient (Wildman–Crippen LogP) is 5.42. The minimum absolute atomic E-state index is 0.0885. The van der Waals surface area contributed by atoms with Gasteiger partial charge in [0.25, 0.3) is 0 Å². The fraction of sp³-hybridized carbons (Fsp3) is 0.0720. The molecule has 2 aliphatic heterocycles. The van der Waals surface area contributed by atoms with Crippen LogP contribution in [-0.4, -0.2) is 46.2 Å². The molecular weight excluding hydrogens is 1660 g/mol. The van der Waals surface area contributed by atoms with E-state index in [1.807, 2.05) is 6.07 Å². The first kappa shape index (κ1) is 99.8. The van der Waals surface area contributed by atoms with Crippen LogP contribution in [-0.2, 0) is 29.5 Å². The van der Waals surface area contributed by atoms with Gasteiger partial charge >= 0.3 is 10.1 Å². The number of H-pyrrole nitrogens is 1. The van der Waals surface area contributed by atoms with E-state index in [4.69, 9.17) is 24.8 Å². The number of aromatic amines is 1. The highest BCUT2D eigenvalue weighted by Crippen LogP contribution is 2.45. The zero-order valence-electron chi connectivity index (χ0n) is 70.0. The standard InChI is InChI=1S/C97H4.C28H28N2O6S/c1-3-5-7-9-11-13-15-17-19-21-23-25-27-29-31-33-35-37-39-41-43-45-47-49-51-53-55-57-59-61-63-65-67-69-71-73-75-77-79-81-83-85-87-89-91-93-95-97-96-94-92-90-88-86-84-82-80-78-76-74-72-70-68-66-64-62-60-58-56-54-52-50-48-46-44-42-40-38-36-34-32-30-28-26-24-22-20-18-16-14-12-10-8-6-4-2;1-33-25-11-17-9-10-30-16-23-20(12-24(30)19(17)13-26(25)34-2)21-14-27(35-3)28(15-22(21)29-23)36-37(31,32)18-7-5-4-6-8-18/h1H,2H3;4-8,11,13-15,24,29H,9-10,12,16H2,1-3H3. The number of nitrogens with zero attached hydrogens (tertiary/aromatic N) is 1. The Morgan fingerprint density at radius 3 is 0.769 bits per heavy atom. The molecule has 0 aliphatic carbocycles. The molecule has 3 heterocycles. The molecule has 1 N–H and O–H groups in total. The minimum Gasteiger partial charge on any atom is -0.493 e. The number of methoxy groups -OCH3 is 3. The fourth-order valence-electron chi connectivity index (χ4n) is 8.51. The molecule has 4 aromatic rings. The Kier molecular flexibility index (Phi) is 52.2. The van der Waals surface area contributed by atoms with Crippen molar-refractivity contribution in [2.75, 3.05) is 27.9 Å². The van der Waals surface area contributed by atoms with Gasteiger partial charge in [0.2, 0.25) is 0 Å². The van der Waals surface area contributed by atoms with Crippen molar-refractivity contribution in [3.05, 3.63) is 77.0 Å². The first-order valence-corrected chi connectivity index (χ1v) is 37.8. The van der Waals surface area contributed by atoms with Gasteiger partial charge in [0.05, 0.1) is 21.3 Å². The van der Waals surface area contributed by atoms with E-state index in [1.54, 1.807) is 45.4 Å². The molecule has 0 saturated carbocycles. The highest BCUT2D eigenvalue weighted by atomic mass is 32.2. The summed E-state index contributed by atoms with van der Waals surface area (Å²) < 4.78 is 48.0. The quantitative estimate of drug-likeness (QED) is 0.204. The Morgan fingerprint density at radius 1 is 0.299 bits per heavy atom. The van der Waals surface area contributed by atoms with Gasteiger partial charge in [-0.2, -0.15) is 8.42 Å². The third kappa shape index (κ3) is 47.7. The lowest BCUT2D eigenvalue weighted by molar-refractivity contribution is 0.159. The molecule has 0 saturated heterocycles. The smallest absolute Gasteiger partial charge is 0.339 e. The second-order valence-corrected chi connectivity index (χ2v) is 22.9. The molecule has 134 heavy (non-hydrogen) atoms. The average molecular weight is 1690 g/mol. The minimum atomic E-state index is -4.00. The van der Waals surface area contributed by atoms with Gasteiger partial charge in [-0.15, -0.1) is 6.42 Å². The number of fused-ring (bicyclic) bond motifs is 6. The summed E-state index contributed by atoms with van der Waals surface area (Å²) in [5.74, 6) is 239. The summed E-state index contributed by atoms with van der Waals surface area (Å²) in [6.07, 6.45) is 6.70. The summed E-state index contributed by atoms with van der Waals surface area (Å²) in [5, 5.41) is 1.00. The molecule has 1 atom stereocenters. The van der Waals surface area contributed by atoms with Crippen LogP contribution in [0.15, 0.2) is 59.5 Å². The Morgan fingerprint density at radius 2 is 0.530 bits per heavy atom. The van der Waals surface area contributed by atoms with Gasteiger partial charge in [0, 0.05) is 504 Å². The molecule has 9 heteroatoms. The second kappa shape index (κ2) is 70.1. The molecule has 0 radical (unpaired) electrons. The second-order valence-electron chi connectivity index (χ2n) is 21.3. The van der Waals surface area contributed by atoms with E-state index in [2.05, 4.69) is 584 Å². The maximum Gasteiger partial charge on any atom is 0.339 e. The number of aromatic nitrogens is 1. The van der Waals surface area contributed by atoms with E-state index in [0.717, 1.165) is 54.0 Å². The van der Waals surface area contributed by atoms with E-state index in [0.29, 0.717) is 5.75 Å². The zero-order valence-corrected chi connectivity index (χ0v) is 70.8. The SMILES string of the molecule is C#CC#CC#CC#CC#CC#CC#CC#CC#CC#CC#CC#CC#CC#CC#CC#CC#CC#CC#CC#CC#CC#CC#CC#CC#CC#CC#CC#CC#CC#CC#CC#CC#CC#CC#CC#CC#CC#CC#CC#CC#CC#CC#CC#CC#CC#CC#CC#CC.COc1cc2c(cc1OC)C1Cc3c([nH]c4cc(OS(=O)(=O)c5ccccc5)c(OC)cc34)CN1CC2.